The van der Waals surface area contributed by atoms with Gasteiger partial charge in [0.05, 0.1) is 25.4 Å². The van der Waals surface area contributed by atoms with Gasteiger partial charge in [-0.3, -0.25) is 9.59 Å². The smallest absolute Gasteiger partial charge is 0.305 e. The van der Waals surface area contributed by atoms with Crippen molar-refractivity contribution < 1.29 is 24.5 Å². The maximum Gasteiger partial charge on any atom is 0.305 e. The topological polar surface area (TPSA) is 95.9 Å². The number of esters is 1. The molecule has 3 N–H and O–H groups in total. The van der Waals surface area contributed by atoms with Gasteiger partial charge in [-0.2, -0.15) is 0 Å². The van der Waals surface area contributed by atoms with E-state index < -0.39 is 12.1 Å². The Morgan fingerprint density at radius 3 is 1.08 bits per heavy atom. The molecule has 0 bridgehead atoms. The molecule has 0 saturated carbocycles. The number of unbranched alkanes of at least 4 members (excludes halogenated alkanes) is 44. The van der Waals surface area contributed by atoms with Crippen LogP contribution in [0.15, 0.2) is 48.6 Å². The first-order chi connectivity index (χ1) is 36.5. The van der Waals surface area contributed by atoms with Crippen LogP contribution in [0.25, 0.3) is 0 Å². The molecule has 0 aromatic carbocycles. The van der Waals surface area contributed by atoms with E-state index in [9.17, 15) is 19.8 Å². The highest BCUT2D eigenvalue weighted by molar-refractivity contribution is 5.76. The second kappa shape index (κ2) is 63.4. The molecule has 0 saturated heterocycles. The van der Waals surface area contributed by atoms with E-state index in [-0.39, 0.29) is 18.5 Å². The van der Waals surface area contributed by atoms with Gasteiger partial charge in [0.2, 0.25) is 5.91 Å². The average Bonchev–Trinajstić information content (AvgIpc) is 3.40. The zero-order valence-electron chi connectivity index (χ0n) is 49.6. The number of hydrogen-bond acceptors (Lipinski definition) is 5. The fourth-order valence-corrected chi connectivity index (χ4v) is 10.00. The van der Waals surface area contributed by atoms with E-state index in [1.165, 1.54) is 270 Å². The fourth-order valence-electron chi connectivity index (χ4n) is 10.00. The van der Waals surface area contributed by atoms with Crippen LogP contribution in [0.5, 0.6) is 0 Å². The van der Waals surface area contributed by atoms with E-state index in [0.29, 0.717) is 19.4 Å². The maximum absolute atomic E-state index is 12.5. The van der Waals surface area contributed by atoms with Crippen molar-refractivity contribution in [2.45, 2.75) is 360 Å². The zero-order valence-corrected chi connectivity index (χ0v) is 49.6. The molecule has 74 heavy (non-hydrogen) atoms. The lowest BCUT2D eigenvalue weighted by atomic mass is 10.0. The van der Waals surface area contributed by atoms with Gasteiger partial charge < -0.3 is 20.3 Å². The van der Waals surface area contributed by atoms with Crippen LogP contribution in [0, 0.1) is 0 Å². The molecule has 2 unspecified atom stereocenters. The van der Waals surface area contributed by atoms with Crippen molar-refractivity contribution in [1.82, 2.24) is 5.32 Å². The van der Waals surface area contributed by atoms with E-state index in [1.54, 1.807) is 6.08 Å². The second-order valence-electron chi connectivity index (χ2n) is 22.4. The summed E-state index contributed by atoms with van der Waals surface area (Å²) in [4.78, 5) is 24.5. The molecule has 0 aromatic rings. The number of nitrogens with one attached hydrogen (secondary N) is 1. The Morgan fingerprint density at radius 2 is 0.689 bits per heavy atom. The molecule has 0 aliphatic carbocycles. The molecule has 0 aliphatic rings. The minimum Gasteiger partial charge on any atom is -0.466 e. The minimum absolute atomic E-state index is 0.00188. The van der Waals surface area contributed by atoms with Gasteiger partial charge >= 0.3 is 5.97 Å². The van der Waals surface area contributed by atoms with Crippen LogP contribution < -0.4 is 5.32 Å². The van der Waals surface area contributed by atoms with Crippen molar-refractivity contribution in [2.75, 3.05) is 13.2 Å². The fraction of sp³-hybridized carbons (Fsp3) is 0.853. The molecular weight excluding hydrogens is 911 g/mol. The number of allylic oxidation sites excluding steroid dienone is 7. The quantitative estimate of drug-likeness (QED) is 0.0320. The molecule has 0 radical (unpaired) electrons. The van der Waals surface area contributed by atoms with E-state index in [4.69, 9.17) is 4.74 Å². The van der Waals surface area contributed by atoms with E-state index >= 15 is 0 Å². The van der Waals surface area contributed by atoms with Crippen LogP contribution in [0.1, 0.15) is 348 Å². The largest absolute Gasteiger partial charge is 0.466 e. The summed E-state index contributed by atoms with van der Waals surface area (Å²) in [5, 5.41) is 23.1. The van der Waals surface area contributed by atoms with Gasteiger partial charge in [-0.25, -0.2) is 0 Å². The number of carbonyl (C=O) groups excluding carboxylic acids is 2. The number of hydrogen-bond donors (Lipinski definition) is 3. The van der Waals surface area contributed by atoms with Gasteiger partial charge in [0.25, 0.3) is 0 Å². The Morgan fingerprint density at radius 1 is 0.378 bits per heavy atom. The molecule has 0 spiro atoms. The van der Waals surface area contributed by atoms with Crippen molar-refractivity contribution in [3.8, 4) is 0 Å². The molecule has 0 heterocycles. The summed E-state index contributed by atoms with van der Waals surface area (Å²) >= 11 is 0. The summed E-state index contributed by atoms with van der Waals surface area (Å²) in [7, 11) is 0. The molecule has 6 heteroatoms. The number of carbonyl (C=O) groups is 2. The average molecular weight is 1040 g/mol. The normalized spacial score (nSPS) is 12.9. The molecule has 0 fully saturated rings. The zero-order chi connectivity index (χ0) is 53.6. The van der Waals surface area contributed by atoms with Crippen molar-refractivity contribution in [2.24, 2.45) is 0 Å². The predicted octanol–water partition coefficient (Wildman–Crippen LogP) is 20.9. The van der Waals surface area contributed by atoms with E-state index in [1.807, 2.05) is 6.08 Å². The maximum atomic E-state index is 12.5. The molecule has 0 aromatic heterocycles. The standard InChI is InChI=1S/C68H127NO5/c1-3-5-7-9-11-13-15-17-38-42-46-50-54-58-62-68(73)74-63-59-55-51-47-43-39-35-33-31-29-27-25-23-21-19-18-20-22-24-26-28-30-32-34-37-41-45-49-53-57-61-67(72)69-65(64-70)66(71)60-56-52-48-44-40-36-16-14-12-10-8-6-4-2/h9,11,15,17,19,21,56,60,65-66,70-71H,3-8,10,12-14,16,18,20,22-55,57-59,61-64H2,1-2H3,(H,69,72)/b11-9-,17-15-,21-19-,60-56+. The SMILES string of the molecule is CCCC/C=C\C/C=C\CCCCCCCC(=O)OCCCCCCCCCCCCCC/C=C\CCCCCCCCCCCCCCCCC(=O)NC(CO)C(O)/C=C/CCCCCCCCCCCCC. The van der Waals surface area contributed by atoms with Crippen LogP contribution in [0.3, 0.4) is 0 Å². The summed E-state index contributed by atoms with van der Waals surface area (Å²) in [6.07, 6.45) is 81.8. The third kappa shape index (κ3) is 59.1. The highest BCUT2D eigenvalue weighted by atomic mass is 16.5. The van der Waals surface area contributed by atoms with Gasteiger partial charge in [0, 0.05) is 12.8 Å². The summed E-state index contributed by atoms with van der Waals surface area (Å²) in [6.45, 7) is 4.87. The first-order valence-corrected chi connectivity index (χ1v) is 32.9. The predicted molar refractivity (Wildman–Crippen MR) is 324 cm³/mol. The molecule has 0 rings (SSSR count). The summed E-state index contributed by atoms with van der Waals surface area (Å²) in [5.41, 5.74) is 0. The lowest BCUT2D eigenvalue weighted by Gasteiger charge is -2.20. The number of rotatable bonds is 61. The second-order valence-corrected chi connectivity index (χ2v) is 22.4. The Labute approximate surface area is 461 Å². The lowest BCUT2D eigenvalue weighted by Crippen LogP contribution is -2.45. The third-order valence-electron chi connectivity index (χ3n) is 15.1. The Hall–Kier alpha value is -2.18. The number of amides is 1. The number of aliphatic hydroxyl groups excluding tert-OH is 2. The molecule has 2 atom stereocenters. The monoisotopic (exact) mass is 1040 g/mol. The minimum atomic E-state index is -0.843. The highest BCUT2D eigenvalue weighted by Gasteiger charge is 2.18. The van der Waals surface area contributed by atoms with Crippen molar-refractivity contribution in [3.05, 3.63) is 48.6 Å². The summed E-state index contributed by atoms with van der Waals surface area (Å²) in [6, 6.07) is -0.626. The van der Waals surface area contributed by atoms with Crippen molar-refractivity contribution in [3.63, 3.8) is 0 Å². The van der Waals surface area contributed by atoms with Crippen LogP contribution in [0.4, 0.5) is 0 Å². The lowest BCUT2D eigenvalue weighted by molar-refractivity contribution is -0.143. The molecular formula is C68H127NO5. The van der Waals surface area contributed by atoms with Crippen molar-refractivity contribution in [1.29, 1.82) is 0 Å². The van der Waals surface area contributed by atoms with Crippen molar-refractivity contribution >= 4 is 11.9 Å². The molecule has 6 nitrogen and oxygen atoms in total. The third-order valence-corrected chi connectivity index (χ3v) is 15.1. The van der Waals surface area contributed by atoms with Gasteiger partial charge in [-0.15, -0.1) is 0 Å². The van der Waals surface area contributed by atoms with E-state index in [2.05, 4.69) is 55.6 Å². The van der Waals surface area contributed by atoms with Gasteiger partial charge in [-0.05, 0) is 83.5 Å². The molecule has 434 valence electrons. The van der Waals surface area contributed by atoms with Crippen LogP contribution in [-0.4, -0.2) is 47.4 Å². The number of ether oxygens (including phenoxy) is 1. The Balaban J connectivity index is 3.38. The Bertz CT molecular complexity index is 1240. The van der Waals surface area contributed by atoms with Crippen LogP contribution in [0.2, 0.25) is 0 Å². The summed E-state index contributed by atoms with van der Waals surface area (Å²) < 4.78 is 5.48. The number of aliphatic hydroxyl groups is 2. The summed E-state index contributed by atoms with van der Waals surface area (Å²) in [5.74, 6) is -0.0643. The molecule has 1 amide bonds. The first-order valence-electron chi connectivity index (χ1n) is 32.9. The van der Waals surface area contributed by atoms with E-state index in [0.717, 1.165) is 51.4 Å². The Kier molecular flexibility index (Phi) is 61.5. The van der Waals surface area contributed by atoms with Crippen LogP contribution >= 0.6 is 0 Å². The first kappa shape index (κ1) is 71.8. The van der Waals surface area contributed by atoms with Gasteiger partial charge in [0.1, 0.15) is 0 Å². The van der Waals surface area contributed by atoms with Gasteiger partial charge in [-0.1, -0.05) is 300 Å². The molecule has 0 aliphatic heterocycles. The van der Waals surface area contributed by atoms with Gasteiger partial charge in [0.15, 0.2) is 0 Å². The highest BCUT2D eigenvalue weighted by Crippen LogP contribution is 2.17. The van der Waals surface area contributed by atoms with Crippen LogP contribution in [-0.2, 0) is 14.3 Å².